The molecule has 3 aromatic rings. The molecule has 1 saturated carbocycles. The van der Waals surface area contributed by atoms with Crippen LogP contribution in [0.25, 0.3) is 22.1 Å². The van der Waals surface area contributed by atoms with Gasteiger partial charge in [0.2, 0.25) is 11.5 Å². The summed E-state index contributed by atoms with van der Waals surface area (Å²) in [5, 5.41) is 3.80. The van der Waals surface area contributed by atoms with Crippen LogP contribution in [0.5, 0.6) is 0 Å². The first-order valence-corrected chi connectivity index (χ1v) is 8.50. The SMILES string of the molecule is NCC1(NC(=O)Cn2cnc3c(oc4ccccc43)c2=O)CCCC1. The Morgan fingerprint density at radius 2 is 2.08 bits per heavy atom. The lowest BCUT2D eigenvalue weighted by Crippen LogP contribution is -2.52. The smallest absolute Gasteiger partial charge is 0.297 e. The molecule has 0 saturated heterocycles. The second-order valence-electron chi connectivity index (χ2n) is 6.69. The van der Waals surface area contributed by atoms with Gasteiger partial charge in [0.15, 0.2) is 0 Å². The molecule has 2 aromatic heterocycles. The van der Waals surface area contributed by atoms with E-state index in [4.69, 9.17) is 10.2 Å². The molecule has 0 spiro atoms. The topological polar surface area (TPSA) is 103 Å². The number of nitrogens with zero attached hydrogens (tertiary/aromatic N) is 2. The van der Waals surface area contributed by atoms with Crippen molar-refractivity contribution in [3.05, 3.63) is 40.9 Å². The molecule has 25 heavy (non-hydrogen) atoms. The van der Waals surface area contributed by atoms with Crippen LogP contribution in [-0.4, -0.2) is 27.5 Å². The monoisotopic (exact) mass is 340 g/mol. The molecule has 0 atom stereocenters. The summed E-state index contributed by atoms with van der Waals surface area (Å²) in [6.07, 6.45) is 5.28. The van der Waals surface area contributed by atoms with Crippen molar-refractivity contribution in [1.29, 1.82) is 0 Å². The molecule has 0 unspecified atom stereocenters. The van der Waals surface area contributed by atoms with Gasteiger partial charge in [-0.25, -0.2) is 4.98 Å². The minimum Gasteiger partial charge on any atom is -0.448 e. The van der Waals surface area contributed by atoms with Crippen molar-refractivity contribution in [3.8, 4) is 0 Å². The van der Waals surface area contributed by atoms with Crippen molar-refractivity contribution in [2.45, 2.75) is 37.8 Å². The summed E-state index contributed by atoms with van der Waals surface area (Å²) >= 11 is 0. The number of nitrogens with one attached hydrogen (secondary N) is 1. The van der Waals surface area contributed by atoms with Crippen molar-refractivity contribution in [1.82, 2.24) is 14.9 Å². The molecule has 1 amide bonds. The van der Waals surface area contributed by atoms with Crippen LogP contribution in [0.15, 0.2) is 39.8 Å². The summed E-state index contributed by atoms with van der Waals surface area (Å²) in [4.78, 5) is 29.4. The molecule has 2 heterocycles. The Morgan fingerprint density at radius 3 is 2.84 bits per heavy atom. The number of hydrogen-bond acceptors (Lipinski definition) is 5. The maximum absolute atomic E-state index is 12.6. The van der Waals surface area contributed by atoms with Crippen LogP contribution in [0.3, 0.4) is 0 Å². The van der Waals surface area contributed by atoms with Gasteiger partial charge in [0.05, 0.1) is 11.9 Å². The lowest BCUT2D eigenvalue weighted by molar-refractivity contribution is -0.123. The third-order valence-corrected chi connectivity index (χ3v) is 5.02. The van der Waals surface area contributed by atoms with Crippen molar-refractivity contribution in [2.24, 2.45) is 5.73 Å². The molecule has 3 N–H and O–H groups in total. The summed E-state index contributed by atoms with van der Waals surface area (Å²) in [5.41, 5.74) is 6.46. The fourth-order valence-electron chi connectivity index (χ4n) is 3.65. The van der Waals surface area contributed by atoms with Gasteiger partial charge in [0.1, 0.15) is 17.6 Å². The lowest BCUT2D eigenvalue weighted by atomic mass is 9.98. The lowest BCUT2D eigenvalue weighted by Gasteiger charge is -2.28. The normalized spacial score (nSPS) is 16.5. The maximum Gasteiger partial charge on any atom is 0.297 e. The summed E-state index contributed by atoms with van der Waals surface area (Å²) in [5.74, 6) is -0.230. The summed E-state index contributed by atoms with van der Waals surface area (Å²) in [6, 6.07) is 7.35. The largest absolute Gasteiger partial charge is 0.448 e. The third-order valence-electron chi connectivity index (χ3n) is 5.02. The van der Waals surface area contributed by atoms with Gasteiger partial charge in [-0.05, 0) is 25.0 Å². The second-order valence-corrected chi connectivity index (χ2v) is 6.69. The number of hydrogen-bond donors (Lipinski definition) is 2. The van der Waals surface area contributed by atoms with Crippen molar-refractivity contribution in [3.63, 3.8) is 0 Å². The average Bonchev–Trinajstić information content (AvgIpc) is 3.23. The van der Waals surface area contributed by atoms with Crippen LogP contribution < -0.4 is 16.6 Å². The zero-order chi connectivity index (χ0) is 17.4. The number of rotatable bonds is 4. The molecule has 1 aliphatic carbocycles. The number of para-hydroxylation sites is 1. The van der Waals surface area contributed by atoms with Crippen LogP contribution in [0.2, 0.25) is 0 Å². The van der Waals surface area contributed by atoms with Crippen molar-refractivity contribution in [2.75, 3.05) is 6.54 Å². The predicted molar refractivity (Wildman–Crippen MR) is 94.2 cm³/mol. The van der Waals surface area contributed by atoms with Gasteiger partial charge < -0.3 is 15.5 Å². The Hall–Kier alpha value is -2.67. The van der Waals surface area contributed by atoms with E-state index in [-0.39, 0.29) is 29.1 Å². The van der Waals surface area contributed by atoms with E-state index < -0.39 is 0 Å². The van der Waals surface area contributed by atoms with Crippen LogP contribution >= 0.6 is 0 Å². The number of nitrogens with two attached hydrogens (primary N) is 1. The van der Waals surface area contributed by atoms with Gasteiger partial charge >= 0.3 is 0 Å². The minimum atomic E-state index is -0.357. The average molecular weight is 340 g/mol. The molecule has 0 bridgehead atoms. The van der Waals surface area contributed by atoms with Gasteiger partial charge in [-0.3, -0.25) is 14.2 Å². The Morgan fingerprint density at radius 1 is 1.32 bits per heavy atom. The highest BCUT2D eigenvalue weighted by molar-refractivity contribution is 6.01. The molecule has 7 heteroatoms. The molecule has 7 nitrogen and oxygen atoms in total. The van der Waals surface area contributed by atoms with E-state index in [1.807, 2.05) is 18.2 Å². The molecule has 1 aromatic carbocycles. The van der Waals surface area contributed by atoms with E-state index in [1.54, 1.807) is 6.07 Å². The van der Waals surface area contributed by atoms with Gasteiger partial charge in [0.25, 0.3) is 5.56 Å². The van der Waals surface area contributed by atoms with Crippen molar-refractivity contribution >= 4 is 28.0 Å². The van der Waals surface area contributed by atoms with Crippen molar-refractivity contribution < 1.29 is 9.21 Å². The summed E-state index contributed by atoms with van der Waals surface area (Å²) < 4.78 is 6.91. The highest BCUT2D eigenvalue weighted by Crippen LogP contribution is 2.28. The Bertz CT molecular complexity index is 998. The molecule has 130 valence electrons. The first-order valence-electron chi connectivity index (χ1n) is 8.50. The third kappa shape index (κ3) is 2.70. The van der Waals surface area contributed by atoms with E-state index in [2.05, 4.69) is 10.3 Å². The molecule has 4 rings (SSSR count). The Kier molecular flexibility index (Phi) is 3.80. The summed E-state index contributed by atoms with van der Waals surface area (Å²) in [6.45, 7) is 0.315. The molecule has 1 aliphatic rings. The number of carbonyl (C=O) groups is 1. The van der Waals surface area contributed by atoms with Gasteiger partial charge in [-0.1, -0.05) is 25.0 Å². The fourth-order valence-corrected chi connectivity index (χ4v) is 3.65. The van der Waals surface area contributed by atoms with Gasteiger partial charge in [-0.2, -0.15) is 0 Å². The first kappa shape index (κ1) is 15.8. The zero-order valence-electron chi connectivity index (χ0n) is 13.8. The first-order chi connectivity index (χ1) is 12.1. The van der Waals surface area contributed by atoms with Crippen LogP contribution in [0, 0.1) is 0 Å². The number of benzene rings is 1. The number of furan rings is 1. The second kappa shape index (κ2) is 6.00. The Balaban J connectivity index is 1.63. The van der Waals surface area contributed by atoms with E-state index in [1.165, 1.54) is 10.9 Å². The molecule has 1 fully saturated rings. The molecule has 0 radical (unpaired) electrons. The zero-order valence-corrected chi connectivity index (χ0v) is 13.8. The predicted octanol–water partition coefficient (Wildman–Crippen LogP) is 1.53. The number of aromatic nitrogens is 2. The molecule has 0 aliphatic heterocycles. The van der Waals surface area contributed by atoms with E-state index in [9.17, 15) is 9.59 Å². The Labute approximate surface area is 143 Å². The highest BCUT2D eigenvalue weighted by Gasteiger charge is 2.33. The van der Waals surface area contributed by atoms with E-state index in [0.29, 0.717) is 17.6 Å². The quantitative estimate of drug-likeness (QED) is 0.750. The standard InChI is InChI=1S/C18H20N4O3/c19-10-18(7-3-4-8-18)21-14(23)9-22-11-20-15-12-5-1-2-6-13(12)25-16(15)17(22)24/h1-2,5-6,11H,3-4,7-10,19H2,(H,21,23). The molecular weight excluding hydrogens is 320 g/mol. The fraction of sp³-hybridized carbons (Fsp3) is 0.389. The van der Waals surface area contributed by atoms with E-state index in [0.717, 1.165) is 31.1 Å². The van der Waals surface area contributed by atoms with Gasteiger partial charge in [-0.15, -0.1) is 0 Å². The minimum absolute atomic E-state index is 0.0967. The van der Waals surface area contributed by atoms with Gasteiger partial charge in [0, 0.05) is 11.9 Å². The number of carbonyl (C=O) groups excluding carboxylic acids is 1. The maximum atomic E-state index is 12.6. The van der Waals surface area contributed by atoms with Crippen LogP contribution in [0.1, 0.15) is 25.7 Å². The van der Waals surface area contributed by atoms with Crippen LogP contribution in [0.4, 0.5) is 0 Å². The van der Waals surface area contributed by atoms with Crippen LogP contribution in [-0.2, 0) is 11.3 Å². The highest BCUT2D eigenvalue weighted by atomic mass is 16.3. The van der Waals surface area contributed by atoms with E-state index >= 15 is 0 Å². The number of amides is 1. The molecular formula is C18H20N4O3. The number of fused-ring (bicyclic) bond motifs is 3. The summed E-state index contributed by atoms with van der Waals surface area (Å²) in [7, 11) is 0.